The summed E-state index contributed by atoms with van der Waals surface area (Å²) < 4.78 is 32.1. The monoisotopic (exact) mass is 258 g/mol. The SMILES string of the molecule is CCC(CN)CN(C)c1cc(F)c(OC)cc1F. The molecule has 1 aromatic carbocycles. The minimum Gasteiger partial charge on any atom is -0.494 e. The molecule has 0 aromatic heterocycles. The minimum absolute atomic E-state index is 0.0875. The van der Waals surface area contributed by atoms with Crippen molar-refractivity contribution in [3.05, 3.63) is 23.8 Å². The lowest BCUT2D eigenvalue weighted by atomic mass is 10.1. The molecule has 0 fully saturated rings. The molecule has 0 spiro atoms. The molecular weight excluding hydrogens is 238 g/mol. The Hall–Kier alpha value is -1.36. The molecule has 2 N–H and O–H groups in total. The van der Waals surface area contributed by atoms with Gasteiger partial charge in [-0.1, -0.05) is 13.3 Å². The molecule has 1 atom stereocenters. The lowest BCUT2D eigenvalue weighted by Crippen LogP contribution is -2.30. The van der Waals surface area contributed by atoms with Crippen molar-refractivity contribution in [2.45, 2.75) is 13.3 Å². The number of nitrogens with two attached hydrogens (primary N) is 1. The smallest absolute Gasteiger partial charge is 0.167 e. The van der Waals surface area contributed by atoms with E-state index in [2.05, 4.69) is 0 Å². The Morgan fingerprint density at radius 2 is 2.00 bits per heavy atom. The fourth-order valence-electron chi connectivity index (χ4n) is 1.82. The van der Waals surface area contributed by atoms with E-state index in [1.165, 1.54) is 7.11 Å². The number of methoxy groups -OCH3 is 1. The van der Waals surface area contributed by atoms with E-state index < -0.39 is 11.6 Å². The molecule has 1 rings (SSSR count). The standard InChI is InChI=1S/C13H20F2N2O/c1-4-9(7-16)8-17(2)12-5-11(15)13(18-3)6-10(12)14/h5-6,9H,4,7-8,16H2,1-3H3. The van der Waals surface area contributed by atoms with Gasteiger partial charge in [0.2, 0.25) is 0 Å². The van der Waals surface area contributed by atoms with E-state index in [0.29, 0.717) is 13.1 Å². The highest BCUT2D eigenvalue weighted by atomic mass is 19.1. The van der Waals surface area contributed by atoms with Crippen LogP contribution in [0.3, 0.4) is 0 Å². The Balaban J connectivity index is 2.92. The summed E-state index contributed by atoms with van der Waals surface area (Å²) in [6.45, 7) is 3.15. The van der Waals surface area contributed by atoms with Crippen molar-refractivity contribution >= 4 is 5.69 Å². The van der Waals surface area contributed by atoms with Crippen LogP contribution in [0.2, 0.25) is 0 Å². The van der Waals surface area contributed by atoms with E-state index >= 15 is 0 Å². The van der Waals surface area contributed by atoms with Gasteiger partial charge < -0.3 is 15.4 Å². The molecule has 0 aliphatic carbocycles. The van der Waals surface area contributed by atoms with Crippen LogP contribution in [0.1, 0.15) is 13.3 Å². The van der Waals surface area contributed by atoms with E-state index in [9.17, 15) is 8.78 Å². The number of benzene rings is 1. The first-order valence-corrected chi connectivity index (χ1v) is 5.97. The topological polar surface area (TPSA) is 38.5 Å². The van der Waals surface area contributed by atoms with Crippen molar-refractivity contribution in [1.82, 2.24) is 0 Å². The van der Waals surface area contributed by atoms with Gasteiger partial charge in [0.25, 0.3) is 0 Å². The van der Waals surface area contributed by atoms with E-state index in [4.69, 9.17) is 10.5 Å². The molecule has 0 aliphatic heterocycles. The number of hydrogen-bond donors (Lipinski definition) is 1. The van der Waals surface area contributed by atoms with Crippen molar-refractivity contribution < 1.29 is 13.5 Å². The average Bonchev–Trinajstić information content (AvgIpc) is 2.37. The zero-order valence-corrected chi connectivity index (χ0v) is 11.0. The van der Waals surface area contributed by atoms with Gasteiger partial charge in [0.1, 0.15) is 5.82 Å². The highest BCUT2D eigenvalue weighted by Crippen LogP contribution is 2.27. The Labute approximate surface area is 107 Å². The summed E-state index contributed by atoms with van der Waals surface area (Å²) in [4.78, 5) is 1.68. The normalized spacial score (nSPS) is 12.3. The van der Waals surface area contributed by atoms with Crippen LogP contribution in [0.25, 0.3) is 0 Å². The Morgan fingerprint density at radius 3 is 2.50 bits per heavy atom. The van der Waals surface area contributed by atoms with Crippen LogP contribution in [-0.2, 0) is 0 Å². The molecule has 1 aromatic rings. The number of anilines is 1. The Bertz CT molecular complexity index is 395. The molecule has 102 valence electrons. The predicted octanol–water partition coefficient (Wildman–Crippen LogP) is 2.39. The maximum absolute atomic E-state index is 13.8. The van der Waals surface area contributed by atoms with Crippen molar-refractivity contribution in [3.63, 3.8) is 0 Å². The molecule has 1 unspecified atom stereocenters. The average molecular weight is 258 g/mol. The largest absolute Gasteiger partial charge is 0.494 e. The first-order valence-electron chi connectivity index (χ1n) is 5.97. The van der Waals surface area contributed by atoms with Crippen LogP contribution in [0, 0.1) is 17.6 Å². The van der Waals surface area contributed by atoms with Crippen LogP contribution in [0.4, 0.5) is 14.5 Å². The third-order valence-corrected chi connectivity index (χ3v) is 3.08. The molecule has 0 saturated carbocycles. The second-order valence-electron chi connectivity index (χ2n) is 4.33. The van der Waals surface area contributed by atoms with Crippen molar-refractivity contribution in [2.75, 3.05) is 32.1 Å². The van der Waals surface area contributed by atoms with Crippen molar-refractivity contribution in [1.29, 1.82) is 0 Å². The van der Waals surface area contributed by atoms with Crippen LogP contribution >= 0.6 is 0 Å². The quantitative estimate of drug-likeness (QED) is 0.851. The van der Waals surface area contributed by atoms with Crippen LogP contribution in [0.5, 0.6) is 5.75 Å². The summed E-state index contributed by atoms with van der Waals surface area (Å²) >= 11 is 0. The van der Waals surface area contributed by atoms with Gasteiger partial charge in [-0.3, -0.25) is 0 Å². The third-order valence-electron chi connectivity index (χ3n) is 3.08. The third kappa shape index (κ3) is 3.32. The highest BCUT2D eigenvalue weighted by molar-refractivity contribution is 5.50. The second-order valence-corrected chi connectivity index (χ2v) is 4.33. The Kier molecular flexibility index (Phi) is 5.34. The molecule has 18 heavy (non-hydrogen) atoms. The number of halogens is 2. The fourth-order valence-corrected chi connectivity index (χ4v) is 1.82. The van der Waals surface area contributed by atoms with Gasteiger partial charge in [0.15, 0.2) is 11.6 Å². The summed E-state index contributed by atoms with van der Waals surface area (Å²) in [5, 5.41) is 0. The predicted molar refractivity (Wildman–Crippen MR) is 69.0 cm³/mol. The summed E-state index contributed by atoms with van der Waals surface area (Å²) in [6, 6.07) is 2.21. The zero-order chi connectivity index (χ0) is 13.7. The van der Waals surface area contributed by atoms with Gasteiger partial charge in [-0.15, -0.1) is 0 Å². The molecule has 0 bridgehead atoms. The second kappa shape index (κ2) is 6.54. The maximum atomic E-state index is 13.8. The fraction of sp³-hybridized carbons (Fsp3) is 0.538. The van der Waals surface area contributed by atoms with E-state index in [1.807, 2.05) is 6.92 Å². The first-order chi connectivity index (χ1) is 8.53. The van der Waals surface area contributed by atoms with Gasteiger partial charge in [-0.25, -0.2) is 8.78 Å². The molecule has 0 heterocycles. The lowest BCUT2D eigenvalue weighted by molar-refractivity contribution is 0.382. The molecular formula is C13H20F2N2O. The van der Waals surface area contributed by atoms with E-state index in [0.717, 1.165) is 18.6 Å². The number of hydrogen-bond acceptors (Lipinski definition) is 3. The van der Waals surface area contributed by atoms with Crippen molar-refractivity contribution in [2.24, 2.45) is 11.7 Å². The molecule has 0 saturated heterocycles. The van der Waals surface area contributed by atoms with Crippen LogP contribution < -0.4 is 15.4 Å². The first kappa shape index (κ1) is 14.7. The van der Waals surface area contributed by atoms with Crippen LogP contribution in [-0.4, -0.2) is 27.2 Å². The van der Waals surface area contributed by atoms with Crippen LogP contribution in [0.15, 0.2) is 12.1 Å². The maximum Gasteiger partial charge on any atom is 0.167 e. The molecule has 0 radical (unpaired) electrons. The molecule has 0 aliphatic rings. The molecule has 0 amide bonds. The van der Waals surface area contributed by atoms with Gasteiger partial charge in [-0.05, 0) is 12.5 Å². The summed E-state index contributed by atoms with van der Waals surface area (Å²) in [6.07, 6.45) is 0.904. The molecule has 3 nitrogen and oxygen atoms in total. The summed E-state index contributed by atoms with van der Waals surface area (Å²) in [7, 11) is 3.03. The van der Waals surface area contributed by atoms with Gasteiger partial charge >= 0.3 is 0 Å². The number of rotatable bonds is 6. The van der Waals surface area contributed by atoms with Gasteiger partial charge in [-0.2, -0.15) is 0 Å². The lowest BCUT2D eigenvalue weighted by Gasteiger charge is -2.25. The number of nitrogens with zero attached hydrogens (tertiary/aromatic N) is 1. The minimum atomic E-state index is -0.568. The zero-order valence-electron chi connectivity index (χ0n) is 11.0. The highest BCUT2D eigenvalue weighted by Gasteiger charge is 2.15. The van der Waals surface area contributed by atoms with Crippen molar-refractivity contribution in [3.8, 4) is 5.75 Å². The van der Waals surface area contributed by atoms with Gasteiger partial charge in [0.05, 0.1) is 12.8 Å². The van der Waals surface area contributed by atoms with E-state index in [1.54, 1.807) is 11.9 Å². The van der Waals surface area contributed by atoms with Gasteiger partial charge in [0, 0.05) is 25.7 Å². The summed E-state index contributed by atoms with van der Waals surface area (Å²) in [5.74, 6) is -0.890. The summed E-state index contributed by atoms with van der Waals surface area (Å²) in [5.41, 5.74) is 5.83. The Morgan fingerprint density at radius 1 is 1.33 bits per heavy atom. The van der Waals surface area contributed by atoms with E-state index in [-0.39, 0.29) is 17.4 Å². The number of ether oxygens (including phenoxy) is 1. The molecule has 5 heteroatoms.